The first-order chi connectivity index (χ1) is 4.75. The number of hydrogen-bond donors (Lipinski definition) is 1. The van der Waals surface area contributed by atoms with Crippen molar-refractivity contribution in [2.45, 2.75) is 0 Å². The molecule has 1 aromatic heterocycles. The first-order valence-corrected chi connectivity index (χ1v) is 2.51. The van der Waals surface area contributed by atoms with Gasteiger partial charge in [-0.25, -0.2) is 4.79 Å². The summed E-state index contributed by atoms with van der Waals surface area (Å²) in [6.45, 7) is 0. The van der Waals surface area contributed by atoms with Gasteiger partial charge in [-0.2, -0.15) is 4.57 Å². The molecule has 52 valence electrons. The maximum absolute atomic E-state index is 10.6. The second-order valence-electron chi connectivity index (χ2n) is 1.60. The summed E-state index contributed by atoms with van der Waals surface area (Å²) in [5.41, 5.74) is -1.35. The van der Waals surface area contributed by atoms with Crippen molar-refractivity contribution in [2.75, 3.05) is 0 Å². The van der Waals surface area contributed by atoms with Gasteiger partial charge in [0, 0.05) is 12.3 Å². The van der Waals surface area contributed by atoms with E-state index >= 15 is 0 Å². The van der Waals surface area contributed by atoms with Crippen LogP contribution < -0.4 is 11.2 Å². The number of aromatic nitrogens is 2. The molecule has 1 heterocycles. The number of aromatic amines is 1. The van der Waals surface area contributed by atoms with Crippen LogP contribution in [0.25, 0.3) is 0 Å². The standard InChI is InChI=1S/C5H4N2O3/c8-3-7-4(9)1-2-6-5(7)10/h1-3H,(H,6,10). The normalized spacial score (nSPS) is 9.20. The summed E-state index contributed by atoms with van der Waals surface area (Å²) in [5, 5.41) is 0. The van der Waals surface area contributed by atoms with E-state index in [4.69, 9.17) is 0 Å². The Morgan fingerprint density at radius 2 is 2.20 bits per heavy atom. The fourth-order valence-electron chi connectivity index (χ4n) is 0.534. The Morgan fingerprint density at radius 3 is 2.60 bits per heavy atom. The number of nitrogens with one attached hydrogen (secondary N) is 1. The molecule has 0 amide bonds. The van der Waals surface area contributed by atoms with Crippen LogP contribution in [-0.2, 0) is 4.79 Å². The highest BCUT2D eigenvalue weighted by atomic mass is 16.2. The zero-order valence-corrected chi connectivity index (χ0v) is 4.90. The molecule has 0 aliphatic carbocycles. The van der Waals surface area contributed by atoms with Gasteiger partial charge in [0.05, 0.1) is 0 Å². The molecule has 0 atom stereocenters. The second kappa shape index (κ2) is 2.30. The Morgan fingerprint density at radius 1 is 1.50 bits per heavy atom. The van der Waals surface area contributed by atoms with Gasteiger partial charge >= 0.3 is 5.69 Å². The van der Waals surface area contributed by atoms with Crippen LogP contribution >= 0.6 is 0 Å². The van der Waals surface area contributed by atoms with Crippen LogP contribution in [0.4, 0.5) is 0 Å². The monoisotopic (exact) mass is 140 g/mol. The van der Waals surface area contributed by atoms with Crippen LogP contribution in [0.3, 0.4) is 0 Å². The van der Waals surface area contributed by atoms with Gasteiger partial charge in [-0.3, -0.25) is 9.59 Å². The summed E-state index contributed by atoms with van der Waals surface area (Å²) in [6.07, 6.45) is 1.35. The summed E-state index contributed by atoms with van der Waals surface area (Å²) in [7, 11) is 0. The second-order valence-corrected chi connectivity index (χ2v) is 1.60. The molecule has 0 fully saturated rings. The zero-order valence-electron chi connectivity index (χ0n) is 4.90. The number of carbonyl (C=O) groups is 1. The minimum Gasteiger partial charge on any atom is -0.314 e. The molecule has 10 heavy (non-hydrogen) atoms. The lowest BCUT2D eigenvalue weighted by Gasteiger charge is -1.87. The molecular formula is C5H4N2O3. The third-order valence-corrected chi connectivity index (χ3v) is 0.994. The molecule has 5 nitrogen and oxygen atoms in total. The van der Waals surface area contributed by atoms with E-state index in [1.165, 1.54) is 6.20 Å². The number of carbonyl (C=O) groups excluding carboxylic acids is 1. The Labute approximate surface area is 54.9 Å². The fraction of sp³-hybridized carbons (Fsp3) is 0. The largest absolute Gasteiger partial charge is 0.335 e. The molecule has 0 aliphatic heterocycles. The summed E-state index contributed by atoms with van der Waals surface area (Å²) >= 11 is 0. The van der Waals surface area contributed by atoms with Crippen LogP contribution in [0.2, 0.25) is 0 Å². The average molecular weight is 140 g/mol. The summed E-state index contributed by atoms with van der Waals surface area (Å²) < 4.78 is 0.444. The molecular weight excluding hydrogens is 136 g/mol. The summed E-state index contributed by atoms with van der Waals surface area (Å²) in [4.78, 5) is 33.3. The van der Waals surface area contributed by atoms with Crippen molar-refractivity contribution in [1.82, 2.24) is 9.55 Å². The van der Waals surface area contributed by atoms with E-state index in [0.717, 1.165) is 6.07 Å². The third-order valence-electron chi connectivity index (χ3n) is 0.994. The topological polar surface area (TPSA) is 71.9 Å². The Hall–Kier alpha value is -1.65. The molecule has 0 aliphatic rings. The van der Waals surface area contributed by atoms with Gasteiger partial charge in [0.15, 0.2) is 0 Å². The maximum atomic E-state index is 10.6. The lowest BCUT2D eigenvalue weighted by Crippen LogP contribution is -2.33. The van der Waals surface area contributed by atoms with Crippen LogP contribution in [0, 0.1) is 0 Å². The van der Waals surface area contributed by atoms with Crippen LogP contribution in [0.1, 0.15) is 0 Å². The van der Waals surface area contributed by atoms with Gasteiger partial charge in [-0.15, -0.1) is 0 Å². The smallest absolute Gasteiger partial charge is 0.314 e. The van der Waals surface area contributed by atoms with E-state index < -0.39 is 11.2 Å². The molecule has 0 spiro atoms. The minimum absolute atomic E-state index is 0.168. The molecule has 5 heteroatoms. The molecule has 1 aromatic rings. The highest BCUT2D eigenvalue weighted by molar-refractivity contribution is 5.50. The molecule has 0 saturated carbocycles. The van der Waals surface area contributed by atoms with Gasteiger partial charge in [-0.05, 0) is 0 Å². The highest BCUT2D eigenvalue weighted by Crippen LogP contribution is 1.58. The van der Waals surface area contributed by atoms with Crippen molar-refractivity contribution in [1.29, 1.82) is 0 Å². The Kier molecular flexibility index (Phi) is 1.49. The molecule has 0 bridgehead atoms. The summed E-state index contributed by atoms with van der Waals surface area (Å²) in [6, 6.07) is 1.09. The molecule has 1 N–H and O–H groups in total. The third kappa shape index (κ3) is 0.883. The number of hydrogen-bond acceptors (Lipinski definition) is 3. The van der Waals surface area contributed by atoms with Crippen LogP contribution in [0.15, 0.2) is 21.9 Å². The van der Waals surface area contributed by atoms with Gasteiger partial charge < -0.3 is 4.98 Å². The van der Waals surface area contributed by atoms with Crippen molar-refractivity contribution in [2.24, 2.45) is 0 Å². The lowest BCUT2D eigenvalue weighted by atomic mass is 10.6. The van der Waals surface area contributed by atoms with E-state index in [1.807, 2.05) is 0 Å². The van der Waals surface area contributed by atoms with Gasteiger partial charge in [-0.1, -0.05) is 0 Å². The number of rotatable bonds is 1. The maximum Gasteiger partial charge on any atom is 0.335 e. The zero-order chi connectivity index (χ0) is 7.56. The van der Waals surface area contributed by atoms with E-state index in [0.29, 0.717) is 4.57 Å². The Balaban J connectivity index is 3.61. The van der Waals surface area contributed by atoms with E-state index in [2.05, 4.69) is 4.98 Å². The van der Waals surface area contributed by atoms with Crippen molar-refractivity contribution in [3.8, 4) is 0 Å². The van der Waals surface area contributed by atoms with E-state index in [-0.39, 0.29) is 6.41 Å². The molecule has 0 radical (unpaired) electrons. The molecule has 0 aromatic carbocycles. The van der Waals surface area contributed by atoms with Gasteiger partial charge in [0.25, 0.3) is 5.56 Å². The van der Waals surface area contributed by atoms with Gasteiger partial charge in [0.1, 0.15) is 0 Å². The fourth-order valence-corrected chi connectivity index (χ4v) is 0.534. The van der Waals surface area contributed by atoms with Crippen LogP contribution in [0.5, 0.6) is 0 Å². The quantitative estimate of drug-likeness (QED) is 0.486. The van der Waals surface area contributed by atoms with Crippen molar-refractivity contribution in [3.63, 3.8) is 0 Å². The van der Waals surface area contributed by atoms with Crippen molar-refractivity contribution < 1.29 is 4.79 Å². The molecule has 1 rings (SSSR count). The van der Waals surface area contributed by atoms with Crippen LogP contribution in [-0.4, -0.2) is 16.0 Å². The van der Waals surface area contributed by atoms with Crippen molar-refractivity contribution in [3.05, 3.63) is 33.1 Å². The number of H-pyrrole nitrogens is 1. The number of nitrogens with zero attached hydrogens (tertiary/aromatic N) is 1. The average Bonchev–Trinajstić information content (AvgIpc) is 1.88. The lowest BCUT2D eigenvalue weighted by molar-refractivity contribution is 0.542. The van der Waals surface area contributed by atoms with E-state index in [9.17, 15) is 14.4 Å². The highest BCUT2D eigenvalue weighted by Gasteiger charge is 1.94. The minimum atomic E-state index is -0.720. The Bertz CT molecular complexity index is 320. The van der Waals surface area contributed by atoms with Gasteiger partial charge in [0.2, 0.25) is 6.41 Å². The molecule has 0 saturated heterocycles. The van der Waals surface area contributed by atoms with Crippen molar-refractivity contribution >= 4 is 6.41 Å². The predicted octanol–water partition coefficient (Wildman–Crippen LogP) is -1.43. The first-order valence-electron chi connectivity index (χ1n) is 2.51. The predicted molar refractivity (Wildman–Crippen MR) is 33.5 cm³/mol. The summed E-state index contributed by atoms with van der Waals surface area (Å²) in [5.74, 6) is 0. The van der Waals surface area contributed by atoms with E-state index in [1.54, 1.807) is 0 Å². The SMILES string of the molecule is O=Cn1c(=O)cc[nH]c1=O. The first kappa shape index (κ1) is 6.47. The molecule has 0 unspecified atom stereocenters.